The van der Waals surface area contributed by atoms with Crippen LogP contribution in [0.2, 0.25) is 0 Å². The van der Waals surface area contributed by atoms with Crippen molar-refractivity contribution in [3.63, 3.8) is 0 Å². The smallest absolute Gasteiger partial charge is 0.238 e. The summed E-state index contributed by atoms with van der Waals surface area (Å²) in [5.41, 5.74) is 6.06. The first-order valence-electron chi connectivity index (χ1n) is 6.91. The summed E-state index contributed by atoms with van der Waals surface area (Å²) < 4.78 is 13.4. The van der Waals surface area contributed by atoms with Gasteiger partial charge in [-0.05, 0) is 19.1 Å². The van der Waals surface area contributed by atoms with Crippen molar-refractivity contribution in [3.8, 4) is 5.88 Å². The van der Waals surface area contributed by atoms with Crippen molar-refractivity contribution in [1.82, 2.24) is 14.5 Å². The quantitative estimate of drug-likeness (QED) is 0.547. The Labute approximate surface area is 139 Å². The van der Waals surface area contributed by atoms with Crippen LogP contribution in [0, 0.1) is 3.95 Å². The van der Waals surface area contributed by atoms with Gasteiger partial charge in [-0.15, -0.1) is 0 Å². The average Bonchev–Trinajstić information content (AvgIpc) is 2.97. The summed E-state index contributed by atoms with van der Waals surface area (Å²) in [6.45, 7) is 1.78. The van der Waals surface area contributed by atoms with Crippen molar-refractivity contribution in [2.75, 3.05) is 18.9 Å². The fraction of sp³-hybridized carbons (Fsp3) is 0.583. The zero-order valence-electron chi connectivity index (χ0n) is 12.1. The number of aliphatic hydroxyl groups excluding tert-OH is 3. The molecule has 0 amide bonds. The van der Waals surface area contributed by atoms with E-state index in [4.69, 9.17) is 27.4 Å². The lowest BCUT2D eigenvalue weighted by Gasteiger charge is -2.17. The van der Waals surface area contributed by atoms with Crippen molar-refractivity contribution in [1.29, 1.82) is 0 Å². The molecular formula is C12H16N4O5S2. The van der Waals surface area contributed by atoms with Gasteiger partial charge in [-0.2, -0.15) is 9.97 Å². The van der Waals surface area contributed by atoms with Crippen molar-refractivity contribution in [3.05, 3.63) is 3.95 Å². The molecule has 0 saturated carbocycles. The molecule has 5 N–H and O–H groups in total. The molecule has 1 saturated heterocycles. The van der Waals surface area contributed by atoms with Crippen LogP contribution in [0.4, 0.5) is 5.95 Å². The Balaban J connectivity index is 2.15. The number of nitrogens with two attached hydrogens (primary N) is 1. The Morgan fingerprint density at radius 1 is 1.39 bits per heavy atom. The molecule has 11 heteroatoms. The zero-order chi connectivity index (χ0) is 16.7. The molecule has 0 unspecified atom stereocenters. The summed E-state index contributed by atoms with van der Waals surface area (Å²) in [5.74, 6) is 0.297. The van der Waals surface area contributed by atoms with E-state index >= 15 is 0 Å². The minimum absolute atomic E-state index is 0.00533. The second-order valence-electron chi connectivity index (χ2n) is 4.94. The van der Waals surface area contributed by atoms with Crippen LogP contribution < -0.4 is 10.5 Å². The minimum atomic E-state index is -1.26. The number of anilines is 1. The van der Waals surface area contributed by atoms with Gasteiger partial charge in [0.05, 0.1) is 13.2 Å². The predicted molar refractivity (Wildman–Crippen MR) is 84.8 cm³/mol. The molecule has 1 fully saturated rings. The summed E-state index contributed by atoms with van der Waals surface area (Å²) >= 11 is 6.52. The summed E-state index contributed by atoms with van der Waals surface area (Å²) in [6, 6.07) is 0. The minimum Gasteiger partial charge on any atom is -0.477 e. The molecule has 0 aromatic carbocycles. The molecule has 1 aliphatic rings. The number of aliphatic hydroxyl groups is 3. The van der Waals surface area contributed by atoms with Gasteiger partial charge < -0.3 is 30.5 Å². The molecule has 1 aliphatic heterocycles. The molecule has 4 atom stereocenters. The highest BCUT2D eigenvalue weighted by Gasteiger charge is 2.44. The third kappa shape index (κ3) is 2.69. The highest BCUT2D eigenvalue weighted by molar-refractivity contribution is 7.73. The maximum absolute atomic E-state index is 10.2. The maximum atomic E-state index is 10.2. The van der Waals surface area contributed by atoms with Gasteiger partial charge >= 0.3 is 0 Å². The topological polar surface area (TPSA) is 136 Å². The molecule has 2 aromatic heterocycles. The number of nitrogen functional groups attached to an aromatic ring is 1. The Hall–Kier alpha value is -1.37. The van der Waals surface area contributed by atoms with Crippen molar-refractivity contribution in [2.45, 2.75) is 31.5 Å². The van der Waals surface area contributed by atoms with Crippen molar-refractivity contribution >= 4 is 39.9 Å². The molecule has 23 heavy (non-hydrogen) atoms. The first kappa shape index (κ1) is 16.5. The first-order chi connectivity index (χ1) is 11.0. The van der Waals surface area contributed by atoms with Crippen LogP contribution in [0.25, 0.3) is 10.3 Å². The van der Waals surface area contributed by atoms with Crippen LogP contribution in [0.3, 0.4) is 0 Å². The molecule has 126 valence electrons. The predicted octanol–water partition coefficient (Wildman–Crippen LogP) is -0.185. The maximum Gasteiger partial charge on any atom is 0.238 e. The number of fused-ring (bicyclic) bond motifs is 1. The second kappa shape index (κ2) is 6.26. The Morgan fingerprint density at radius 2 is 2.13 bits per heavy atom. The SMILES string of the molecule is CCOc1nc(N)nc2c1sc(=S)n2[C@@H]1O[C@H](CO)[C@H](O)[C@H]1O. The first-order valence-corrected chi connectivity index (χ1v) is 8.14. The summed E-state index contributed by atoms with van der Waals surface area (Å²) in [4.78, 5) is 8.19. The molecular weight excluding hydrogens is 344 g/mol. The van der Waals surface area contributed by atoms with E-state index in [1.54, 1.807) is 0 Å². The van der Waals surface area contributed by atoms with Crippen LogP contribution in [0.5, 0.6) is 5.88 Å². The van der Waals surface area contributed by atoms with Gasteiger partial charge in [0.1, 0.15) is 23.0 Å². The van der Waals surface area contributed by atoms with Crippen molar-refractivity contribution in [2.24, 2.45) is 0 Å². The third-order valence-electron chi connectivity index (χ3n) is 3.50. The lowest BCUT2D eigenvalue weighted by molar-refractivity contribution is -0.0511. The van der Waals surface area contributed by atoms with Gasteiger partial charge in [0.2, 0.25) is 11.8 Å². The molecule has 0 bridgehead atoms. The number of nitrogens with zero attached hydrogens (tertiary/aromatic N) is 3. The van der Waals surface area contributed by atoms with Gasteiger partial charge in [-0.3, -0.25) is 4.57 Å². The van der Waals surface area contributed by atoms with Gasteiger partial charge in [-0.25, -0.2) is 0 Å². The van der Waals surface area contributed by atoms with Crippen LogP contribution >= 0.6 is 23.6 Å². The molecule has 2 aromatic rings. The second-order valence-corrected chi connectivity index (χ2v) is 6.58. The Kier molecular flexibility index (Phi) is 4.49. The van der Waals surface area contributed by atoms with E-state index in [9.17, 15) is 15.3 Å². The number of thiazole rings is 1. The van der Waals surface area contributed by atoms with Crippen LogP contribution in [-0.4, -0.2) is 61.4 Å². The molecule has 0 radical (unpaired) electrons. The lowest BCUT2D eigenvalue weighted by Crippen LogP contribution is -2.33. The number of ether oxygens (including phenoxy) is 2. The Morgan fingerprint density at radius 3 is 2.74 bits per heavy atom. The van der Waals surface area contributed by atoms with E-state index in [2.05, 4.69) is 9.97 Å². The van der Waals surface area contributed by atoms with E-state index in [-0.39, 0.29) is 5.95 Å². The van der Waals surface area contributed by atoms with Crippen LogP contribution in [0.1, 0.15) is 13.2 Å². The Bertz CT molecular complexity index is 779. The normalized spacial score (nSPS) is 27.7. The standard InChI is InChI=1S/C12H16N4O5S2/c1-2-20-9-7-8(14-11(13)15-9)16(12(22)23-7)10-6(19)5(18)4(3-17)21-10/h4-6,10,17-19H,2-3H2,1H3,(H2,13,14,15)/t4-,5+,6-,10-/m1/s1. The van der Waals surface area contributed by atoms with E-state index in [1.165, 1.54) is 15.9 Å². The molecule has 0 aliphatic carbocycles. The van der Waals surface area contributed by atoms with Gasteiger partial charge in [0.25, 0.3) is 0 Å². The number of aromatic nitrogens is 3. The van der Waals surface area contributed by atoms with E-state index in [1.807, 2.05) is 6.92 Å². The average molecular weight is 360 g/mol. The summed E-state index contributed by atoms with van der Waals surface area (Å²) in [6.07, 6.45) is -4.37. The molecule has 3 heterocycles. The molecule has 9 nitrogen and oxygen atoms in total. The van der Waals surface area contributed by atoms with E-state index in [0.29, 0.717) is 26.8 Å². The van der Waals surface area contributed by atoms with Gasteiger partial charge in [0, 0.05) is 0 Å². The highest BCUT2D eigenvalue weighted by atomic mass is 32.1. The van der Waals surface area contributed by atoms with Gasteiger partial charge in [0.15, 0.2) is 15.8 Å². The van der Waals surface area contributed by atoms with Crippen molar-refractivity contribution < 1.29 is 24.8 Å². The number of rotatable bonds is 4. The number of hydrogen-bond donors (Lipinski definition) is 4. The summed E-state index contributed by atoms with van der Waals surface area (Å²) in [5, 5.41) is 29.3. The number of hydrogen-bond acceptors (Lipinski definition) is 10. The third-order valence-corrected chi connectivity index (χ3v) is 4.88. The molecule has 3 rings (SSSR count). The largest absolute Gasteiger partial charge is 0.477 e. The van der Waals surface area contributed by atoms with E-state index < -0.39 is 31.1 Å². The fourth-order valence-corrected chi connectivity index (χ4v) is 3.79. The highest BCUT2D eigenvalue weighted by Crippen LogP contribution is 2.37. The van der Waals surface area contributed by atoms with Crippen LogP contribution in [-0.2, 0) is 4.74 Å². The van der Waals surface area contributed by atoms with E-state index in [0.717, 1.165) is 0 Å². The van der Waals surface area contributed by atoms with Gasteiger partial charge in [-0.1, -0.05) is 11.3 Å². The lowest BCUT2D eigenvalue weighted by atomic mass is 10.1. The molecule has 0 spiro atoms. The van der Waals surface area contributed by atoms with Crippen LogP contribution in [0.15, 0.2) is 0 Å². The zero-order valence-corrected chi connectivity index (χ0v) is 13.8. The fourth-order valence-electron chi connectivity index (χ4n) is 2.46. The summed E-state index contributed by atoms with van der Waals surface area (Å²) in [7, 11) is 0. The monoisotopic (exact) mass is 360 g/mol.